The van der Waals surface area contributed by atoms with Gasteiger partial charge in [-0.05, 0) is 101 Å². The van der Waals surface area contributed by atoms with Crippen LogP contribution in [0.3, 0.4) is 0 Å². The summed E-state index contributed by atoms with van der Waals surface area (Å²) in [6.45, 7) is 10.5. The zero-order chi connectivity index (χ0) is 20.1. The normalized spacial score (nSPS) is 57.1. The molecule has 0 radical (unpaired) electrons. The van der Waals surface area contributed by atoms with Crippen molar-refractivity contribution in [3.8, 4) is 0 Å². The molecule has 4 nitrogen and oxygen atoms in total. The summed E-state index contributed by atoms with van der Waals surface area (Å²) >= 11 is 0. The van der Waals surface area contributed by atoms with E-state index in [1.54, 1.807) is 6.92 Å². The molecule has 1 heterocycles. The Bertz CT molecular complexity index is 688. The van der Waals surface area contributed by atoms with Crippen molar-refractivity contribution in [1.82, 2.24) is 0 Å². The number of carbonyl (C=O) groups is 1. The van der Waals surface area contributed by atoms with Gasteiger partial charge in [-0.15, -0.1) is 0 Å². The van der Waals surface area contributed by atoms with Crippen molar-refractivity contribution in [2.45, 2.75) is 110 Å². The van der Waals surface area contributed by atoms with Crippen LogP contribution in [0.15, 0.2) is 0 Å². The van der Waals surface area contributed by atoms with Crippen LogP contribution in [0, 0.1) is 34.5 Å². The van der Waals surface area contributed by atoms with Crippen molar-refractivity contribution in [3.63, 3.8) is 0 Å². The van der Waals surface area contributed by atoms with Gasteiger partial charge in [0.05, 0.1) is 12.2 Å². The lowest BCUT2D eigenvalue weighted by Crippen LogP contribution is -2.60. The summed E-state index contributed by atoms with van der Waals surface area (Å²) in [6, 6.07) is 0. The molecule has 28 heavy (non-hydrogen) atoms. The Hall–Kier alpha value is -0.450. The molecule has 158 valence electrons. The number of hydrogen-bond donors (Lipinski definition) is 1. The number of Topliss-reactive ketones (excluding diaryl/α,β-unsaturated/α-hetero) is 1. The number of aliphatic hydroxyl groups excluding tert-OH is 1. The van der Waals surface area contributed by atoms with Crippen LogP contribution in [0.5, 0.6) is 0 Å². The third-order valence-corrected chi connectivity index (χ3v) is 10.2. The highest BCUT2D eigenvalue weighted by Crippen LogP contribution is 2.71. The van der Waals surface area contributed by atoms with Crippen molar-refractivity contribution < 1.29 is 19.4 Å². The van der Waals surface area contributed by atoms with Crippen molar-refractivity contribution in [3.05, 3.63) is 0 Å². The molecule has 0 aromatic heterocycles. The first-order chi connectivity index (χ1) is 13.0. The lowest BCUT2D eigenvalue weighted by molar-refractivity contribution is -0.219. The van der Waals surface area contributed by atoms with Crippen LogP contribution in [0.1, 0.15) is 86.0 Å². The van der Waals surface area contributed by atoms with Gasteiger partial charge in [0.2, 0.25) is 0 Å². The molecule has 0 bridgehead atoms. The minimum Gasteiger partial charge on any atom is -0.393 e. The van der Waals surface area contributed by atoms with Gasteiger partial charge < -0.3 is 14.6 Å². The molecule has 5 aliphatic rings. The van der Waals surface area contributed by atoms with E-state index in [4.69, 9.17) is 9.47 Å². The second-order valence-electron chi connectivity index (χ2n) is 11.7. The maximum absolute atomic E-state index is 13.1. The molecule has 4 aliphatic carbocycles. The Balaban J connectivity index is 1.50. The van der Waals surface area contributed by atoms with Gasteiger partial charge in [-0.2, -0.15) is 0 Å². The third kappa shape index (κ3) is 2.26. The quantitative estimate of drug-likeness (QED) is 0.717. The Morgan fingerprint density at radius 3 is 2.43 bits per heavy atom. The first-order valence-electron chi connectivity index (χ1n) is 11.6. The van der Waals surface area contributed by atoms with Gasteiger partial charge >= 0.3 is 0 Å². The van der Waals surface area contributed by atoms with Gasteiger partial charge in [0.1, 0.15) is 0 Å². The topological polar surface area (TPSA) is 55.8 Å². The molecule has 4 saturated carbocycles. The SMILES string of the molecule is CC(=O)[C@@]12OC(C)(C)O[C@@H]1C[C@@H]1[C@@H]3CC[C@H]4C[C@H](O)CC[C@]4(C)[C@H]3CC[C@@]12C. The molecular weight excluding hydrogens is 352 g/mol. The molecule has 1 N–H and O–H groups in total. The summed E-state index contributed by atoms with van der Waals surface area (Å²) in [5.41, 5.74) is -0.548. The first-order valence-corrected chi connectivity index (χ1v) is 11.6. The van der Waals surface area contributed by atoms with E-state index in [1.807, 2.05) is 13.8 Å². The average Bonchev–Trinajstić information content (AvgIpc) is 3.02. The number of fused-ring (bicyclic) bond motifs is 7. The van der Waals surface area contributed by atoms with E-state index in [2.05, 4.69) is 13.8 Å². The monoisotopic (exact) mass is 390 g/mol. The lowest BCUT2D eigenvalue weighted by atomic mass is 9.44. The molecule has 0 aromatic rings. The van der Waals surface area contributed by atoms with Crippen LogP contribution in [0.4, 0.5) is 0 Å². The van der Waals surface area contributed by atoms with Crippen LogP contribution >= 0.6 is 0 Å². The number of ketones is 1. The van der Waals surface area contributed by atoms with Crippen LogP contribution in [-0.4, -0.2) is 34.5 Å². The summed E-state index contributed by atoms with van der Waals surface area (Å²) in [4.78, 5) is 13.1. The molecule has 5 rings (SSSR count). The van der Waals surface area contributed by atoms with E-state index in [0.29, 0.717) is 29.1 Å². The standard InChI is InChI=1S/C24H38O4/c1-14(25)24-20(27-21(2,3)28-24)13-19-17-7-6-15-12-16(26)8-10-22(15,4)18(17)9-11-23(19,24)5/h15-20,26H,6-13H2,1-5H3/t15-,16+,17+,18-,19+,20+,22-,23-,24+/m0/s1. The molecule has 0 aromatic carbocycles. The Labute approximate surface area is 169 Å². The second-order valence-corrected chi connectivity index (χ2v) is 11.7. The predicted octanol–water partition coefficient (Wildman–Crippen LogP) is 4.48. The van der Waals surface area contributed by atoms with E-state index in [-0.39, 0.29) is 23.4 Å². The molecule has 5 fully saturated rings. The fourth-order valence-corrected chi connectivity index (χ4v) is 8.98. The Morgan fingerprint density at radius 1 is 0.964 bits per heavy atom. The zero-order valence-electron chi connectivity index (χ0n) is 18.3. The predicted molar refractivity (Wildman–Crippen MR) is 107 cm³/mol. The van der Waals surface area contributed by atoms with E-state index in [9.17, 15) is 9.90 Å². The van der Waals surface area contributed by atoms with Gasteiger partial charge in [-0.25, -0.2) is 0 Å². The van der Waals surface area contributed by atoms with Crippen molar-refractivity contribution >= 4 is 5.78 Å². The molecule has 0 spiro atoms. The lowest BCUT2D eigenvalue weighted by Gasteiger charge is -2.61. The minimum atomic E-state index is -0.771. The average molecular weight is 391 g/mol. The molecule has 0 amide bonds. The summed E-state index contributed by atoms with van der Waals surface area (Å²) < 4.78 is 12.9. The molecule has 1 aliphatic heterocycles. The van der Waals surface area contributed by atoms with Crippen molar-refractivity contribution in [1.29, 1.82) is 0 Å². The van der Waals surface area contributed by atoms with E-state index >= 15 is 0 Å². The van der Waals surface area contributed by atoms with Gasteiger partial charge in [0.15, 0.2) is 17.2 Å². The highest BCUT2D eigenvalue weighted by atomic mass is 16.8. The van der Waals surface area contributed by atoms with Gasteiger partial charge in [0.25, 0.3) is 0 Å². The largest absolute Gasteiger partial charge is 0.393 e. The summed E-state index contributed by atoms with van der Waals surface area (Å²) in [5, 5.41) is 10.2. The number of ether oxygens (including phenoxy) is 2. The highest BCUT2D eigenvalue weighted by Gasteiger charge is 2.75. The van der Waals surface area contributed by atoms with E-state index < -0.39 is 11.4 Å². The number of aliphatic hydroxyl groups is 1. The van der Waals surface area contributed by atoms with Crippen LogP contribution in [-0.2, 0) is 14.3 Å². The summed E-state index contributed by atoms with van der Waals surface area (Å²) in [6.07, 6.45) is 8.57. The van der Waals surface area contributed by atoms with Crippen LogP contribution in [0.25, 0.3) is 0 Å². The van der Waals surface area contributed by atoms with Crippen LogP contribution < -0.4 is 0 Å². The van der Waals surface area contributed by atoms with Crippen LogP contribution in [0.2, 0.25) is 0 Å². The number of carbonyl (C=O) groups excluding carboxylic acids is 1. The summed E-state index contributed by atoms with van der Waals surface area (Å²) in [5.74, 6) is 2.02. The van der Waals surface area contributed by atoms with E-state index in [0.717, 1.165) is 32.1 Å². The highest BCUT2D eigenvalue weighted by molar-refractivity contribution is 5.88. The maximum atomic E-state index is 13.1. The molecule has 1 saturated heterocycles. The van der Waals surface area contributed by atoms with Gasteiger partial charge in [0, 0.05) is 5.41 Å². The number of rotatable bonds is 1. The Kier molecular flexibility index (Phi) is 4.06. The Morgan fingerprint density at radius 2 is 1.71 bits per heavy atom. The first kappa shape index (κ1) is 19.5. The number of hydrogen-bond acceptors (Lipinski definition) is 4. The van der Waals surface area contributed by atoms with Crippen molar-refractivity contribution in [2.75, 3.05) is 0 Å². The fourth-order valence-electron chi connectivity index (χ4n) is 8.98. The zero-order valence-corrected chi connectivity index (χ0v) is 18.3. The molecule has 4 heteroatoms. The van der Waals surface area contributed by atoms with Crippen molar-refractivity contribution in [2.24, 2.45) is 34.5 Å². The smallest absolute Gasteiger partial charge is 0.164 e. The maximum Gasteiger partial charge on any atom is 0.164 e. The van der Waals surface area contributed by atoms with E-state index in [1.165, 1.54) is 19.3 Å². The summed E-state index contributed by atoms with van der Waals surface area (Å²) in [7, 11) is 0. The fraction of sp³-hybridized carbons (Fsp3) is 0.958. The molecule has 0 unspecified atom stereocenters. The molecule has 9 atom stereocenters. The second kappa shape index (κ2) is 5.82. The molecular formula is C24H38O4. The van der Waals surface area contributed by atoms with Gasteiger partial charge in [-0.1, -0.05) is 13.8 Å². The third-order valence-electron chi connectivity index (χ3n) is 10.2. The minimum absolute atomic E-state index is 0.0978. The van der Waals surface area contributed by atoms with Gasteiger partial charge in [-0.3, -0.25) is 4.79 Å².